The molecule has 2 aromatic carbocycles. The van der Waals surface area contributed by atoms with Crippen LogP contribution in [0.25, 0.3) is 11.5 Å². The number of methoxy groups -OCH3 is 1. The molecule has 0 saturated heterocycles. The molecule has 0 aliphatic heterocycles. The van der Waals surface area contributed by atoms with Crippen molar-refractivity contribution >= 4 is 11.6 Å². The van der Waals surface area contributed by atoms with Gasteiger partial charge in [0.25, 0.3) is 0 Å². The van der Waals surface area contributed by atoms with Gasteiger partial charge >= 0.3 is 0 Å². The van der Waals surface area contributed by atoms with Gasteiger partial charge < -0.3 is 14.5 Å². The van der Waals surface area contributed by atoms with Gasteiger partial charge in [-0.15, -0.1) is 10.2 Å². The van der Waals surface area contributed by atoms with E-state index in [1.54, 1.807) is 19.2 Å². The van der Waals surface area contributed by atoms with Gasteiger partial charge in [-0.2, -0.15) is 0 Å². The van der Waals surface area contributed by atoms with Crippen molar-refractivity contribution in [2.24, 2.45) is 0 Å². The number of carbonyl (C=O) groups is 1. The average molecular weight is 337 g/mol. The molecule has 1 aromatic heterocycles. The summed E-state index contributed by atoms with van der Waals surface area (Å²) in [6.07, 6.45) is 0.618. The molecule has 128 valence electrons. The first-order valence-corrected chi connectivity index (χ1v) is 7.98. The number of rotatable bonds is 6. The highest BCUT2D eigenvalue weighted by molar-refractivity contribution is 5.92. The molecule has 0 aliphatic carbocycles. The molecule has 0 spiro atoms. The van der Waals surface area contributed by atoms with E-state index in [0.717, 1.165) is 11.1 Å². The Morgan fingerprint density at radius 3 is 2.80 bits per heavy atom. The molecule has 1 heterocycles. The summed E-state index contributed by atoms with van der Waals surface area (Å²) in [6.45, 7) is 2.00. The zero-order valence-electron chi connectivity index (χ0n) is 14.2. The van der Waals surface area contributed by atoms with Crippen LogP contribution in [0.3, 0.4) is 0 Å². The first-order valence-electron chi connectivity index (χ1n) is 7.98. The van der Waals surface area contributed by atoms with Crippen LogP contribution < -0.4 is 10.1 Å². The van der Waals surface area contributed by atoms with E-state index < -0.39 is 0 Å². The van der Waals surface area contributed by atoms with Gasteiger partial charge in [0.05, 0.1) is 12.8 Å². The summed E-state index contributed by atoms with van der Waals surface area (Å²) in [5.41, 5.74) is 2.63. The third kappa shape index (κ3) is 4.23. The molecule has 25 heavy (non-hydrogen) atoms. The molecule has 0 radical (unpaired) electrons. The topological polar surface area (TPSA) is 77.2 Å². The maximum absolute atomic E-state index is 12.1. The number of carbonyl (C=O) groups excluding carboxylic acids is 1. The minimum Gasteiger partial charge on any atom is -0.495 e. The highest BCUT2D eigenvalue weighted by Gasteiger charge is 2.12. The lowest BCUT2D eigenvalue weighted by Gasteiger charge is -2.09. The fraction of sp³-hybridized carbons (Fsp3) is 0.211. The van der Waals surface area contributed by atoms with E-state index in [1.807, 2.05) is 43.3 Å². The van der Waals surface area contributed by atoms with Gasteiger partial charge in [-0.1, -0.05) is 29.8 Å². The number of para-hydroxylation sites is 2. The molecule has 0 saturated carbocycles. The second-order valence-corrected chi connectivity index (χ2v) is 5.62. The zero-order chi connectivity index (χ0) is 17.6. The average Bonchev–Trinajstić information content (AvgIpc) is 3.09. The maximum atomic E-state index is 12.1. The van der Waals surface area contributed by atoms with E-state index >= 15 is 0 Å². The summed E-state index contributed by atoms with van der Waals surface area (Å²) in [5, 5.41) is 10.9. The summed E-state index contributed by atoms with van der Waals surface area (Å²) in [4.78, 5) is 12.1. The summed E-state index contributed by atoms with van der Waals surface area (Å²) in [5.74, 6) is 1.38. The van der Waals surface area contributed by atoms with E-state index in [1.165, 1.54) is 0 Å². The van der Waals surface area contributed by atoms with Crippen LogP contribution in [0.2, 0.25) is 0 Å². The van der Waals surface area contributed by atoms with Crippen LogP contribution in [0.4, 0.5) is 5.69 Å². The van der Waals surface area contributed by atoms with Crippen LogP contribution >= 0.6 is 0 Å². The Labute approximate surface area is 145 Å². The fourth-order valence-electron chi connectivity index (χ4n) is 2.43. The third-order valence-corrected chi connectivity index (χ3v) is 3.68. The number of ether oxygens (including phenoxy) is 1. The molecule has 6 heteroatoms. The van der Waals surface area contributed by atoms with Gasteiger partial charge in [-0.25, -0.2) is 0 Å². The van der Waals surface area contributed by atoms with Crippen LogP contribution in [0.15, 0.2) is 52.9 Å². The lowest BCUT2D eigenvalue weighted by atomic mass is 10.1. The highest BCUT2D eigenvalue weighted by atomic mass is 16.5. The number of amides is 1. The van der Waals surface area contributed by atoms with Gasteiger partial charge in [-0.05, 0) is 31.2 Å². The minimum absolute atomic E-state index is 0.139. The lowest BCUT2D eigenvalue weighted by Crippen LogP contribution is -2.13. The fourth-order valence-corrected chi connectivity index (χ4v) is 2.43. The van der Waals surface area contributed by atoms with Gasteiger partial charge in [-0.3, -0.25) is 4.79 Å². The van der Waals surface area contributed by atoms with Gasteiger partial charge in [0.1, 0.15) is 5.75 Å². The minimum atomic E-state index is -0.139. The molecule has 0 atom stereocenters. The van der Waals surface area contributed by atoms with Gasteiger partial charge in [0.15, 0.2) is 0 Å². The predicted octanol–water partition coefficient (Wildman–Crippen LogP) is 3.62. The number of hydrogen-bond donors (Lipinski definition) is 1. The smallest absolute Gasteiger partial charge is 0.247 e. The molecular formula is C19H19N3O3. The molecule has 0 bridgehead atoms. The summed E-state index contributed by atoms with van der Waals surface area (Å²) >= 11 is 0. The third-order valence-electron chi connectivity index (χ3n) is 3.68. The SMILES string of the molecule is COc1ccccc1NC(=O)CCc1nnc(-c2cccc(C)c2)o1. The number of benzene rings is 2. The van der Waals surface area contributed by atoms with Crippen LogP contribution in [0.1, 0.15) is 17.9 Å². The molecular weight excluding hydrogens is 318 g/mol. The molecule has 0 unspecified atom stereocenters. The number of anilines is 1. The molecule has 3 rings (SSSR count). The van der Waals surface area contributed by atoms with Crippen LogP contribution in [-0.2, 0) is 11.2 Å². The Morgan fingerprint density at radius 1 is 1.16 bits per heavy atom. The quantitative estimate of drug-likeness (QED) is 0.743. The number of nitrogens with zero attached hydrogens (tertiary/aromatic N) is 2. The first-order chi connectivity index (χ1) is 12.2. The van der Waals surface area contributed by atoms with E-state index in [2.05, 4.69) is 15.5 Å². The molecule has 1 amide bonds. The van der Waals surface area contributed by atoms with E-state index in [4.69, 9.17) is 9.15 Å². The lowest BCUT2D eigenvalue weighted by molar-refractivity contribution is -0.116. The zero-order valence-corrected chi connectivity index (χ0v) is 14.2. The predicted molar refractivity (Wildman–Crippen MR) is 94.4 cm³/mol. The van der Waals surface area contributed by atoms with E-state index in [0.29, 0.717) is 29.6 Å². The normalized spacial score (nSPS) is 10.5. The van der Waals surface area contributed by atoms with Crippen LogP contribution in [0.5, 0.6) is 5.75 Å². The van der Waals surface area contributed by atoms with Crippen molar-refractivity contribution in [1.82, 2.24) is 10.2 Å². The van der Waals surface area contributed by atoms with Crippen LogP contribution in [0, 0.1) is 6.92 Å². The maximum Gasteiger partial charge on any atom is 0.247 e. The van der Waals surface area contributed by atoms with Gasteiger partial charge in [0, 0.05) is 18.4 Å². The van der Waals surface area contributed by atoms with Crippen molar-refractivity contribution in [3.05, 3.63) is 60.0 Å². The summed E-state index contributed by atoms with van der Waals surface area (Å²) in [6, 6.07) is 15.1. The van der Waals surface area contributed by atoms with Crippen molar-refractivity contribution in [2.75, 3.05) is 12.4 Å². The number of hydrogen-bond acceptors (Lipinski definition) is 5. The van der Waals surface area contributed by atoms with E-state index in [9.17, 15) is 4.79 Å². The Balaban J connectivity index is 1.59. The summed E-state index contributed by atoms with van der Waals surface area (Å²) in [7, 11) is 1.57. The second kappa shape index (κ2) is 7.61. The highest BCUT2D eigenvalue weighted by Crippen LogP contribution is 2.23. The molecule has 0 aliphatic rings. The second-order valence-electron chi connectivity index (χ2n) is 5.62. The molecule has 6 nitrogen and oxygen atoms in total. The Morgan fingerprint density at radius 2 is 2.00 bits per heavy atom. The summed E-state index contributed by atoms with van der Waals surface area (Å²) < 4.78 is 10.9. The van der Waals surface area contributed by atoms with Crippen molar-refractivity contribution in [3.63, 3.8) is 0 Å². The van der Waals surface area contributed by atoms with E-state index in [-0.39, 0.29) is 12.3 Å². The number of aryl methyl sites for hydroxylation is 2. The molecule has 3 aromatic rings. The Kier molecular flexibility index (Phi) is 5.09. The Hall–Kier alpha value is -3.15. The van der Waals surface area contributed by atoms with Crippen molar-refractivity contribution in [3.8, 4) is 17.2 Å². The van der Waals surface area contributed by atoms with Crippen molar-refractivity contribution < 1.29 is 13.9 Å². The standard InChI is InChI=1S/C19H19N3O3/c1-13-6-5-7-14(12-13)19-22-21-18(25-19)11-10-17(23)20-15-8-3-4-9-16(15)24-2/h3-9,12H,10-11H2,1-2H3,(H,20,23). The monoisotopic (exact) mass is 337 g/mol. The first kappa shape index (κ1) is 16.7. The van der Waals surface area contributed by atoms with Gasteiger partial charge in [0.2, 0.25) is 17.7 Å². The molecule has 1 N–H and O–H groups in total. The number of aromatic nitrogens is 2. The largest absolute Gasteiger partial charge is 0.495 e. The number of nitrogens with one attached hydrogen (secondary N) is 1. The molecule has 0 fully saturated rings. The van der Waals surface area contributed by atoms with Crippen LogP contribution in [-0.4, -0.2) is 23.2 Å². The van der Waals surface area contributed by atoms with Crippen molar-refractivity contribution in [1.29, 1.82) is 0 Å². The Bertz CT molecular complexity index is 874. The van der Waals surface area contributed by atoms with Crippen molar-refractivity contribution in [2.45, 2.75) is 19.8 Å².